The topological polar surface area (TPSA) is 75.3 Å². The van der Waals surface area contributed by atoms with Gasteiger partial charge in [-0.05, 0) is 0 Å². The minimum absolute atomic E-state index is 1.09. The van der Waals surface area contributed by atoms with Crippen molar-refractivity contribution < 1.29 is 15.0 Å². The van der Waals surface area contributed by atoms with Crippen LogP contribution in [0.3, 0.4) is 0 Å². The third kappa shape index (κ3) is 1.14. The second kappa shape index (κ2) is 2.49. The number of hydrogen-bond donors (Lipinski definition) is 2. The summed E-state index contributed by atoms with van der Waals surface area (Å²) in [7, 11) is 0. The number of aliphatic hydroxyl groups is 1. The Hall–Kier alpha value is -1.36. The lowest BCUT2D eigenvalue weighted by Gasteiger charge is -2.03. The maximum atomic E-state index is 10.1. The van der Waals surface area contributed by atoms with Crippen molar-refractivity contribution in [2.24, 2.45) is 0 Å². The van der Waals surface area contributed by atoms with Gasteiger partial charge in [0.1, 0.15) is 0 Å². The molecule has 0 unspecified atom stereocenters. The van der Waals surface area contributed by atoms with E-state index in [9.17, 15) is 4.79 Å². The second-order valence-corrected chi connectivity index (χ2v) is 1.72. The zero-order chi connectivity index (χ0) is 7.56. The Morgan fingerprint density at radius 2 is 2.40 bits per heavy atom. The smallest absolute Gasteiger partial charge is 0.354 e. The number of aromatic nitrogens is 2. The summed E-state index contributed by atoms with van der Waals surface area (Å²) >= 11 is 0. The average Bonchev–Trinajstić information content (AvgIpc) is 2.36. The van der Waals surface area contributed by atoms with Crippen LogP contribution in [0.5, 0.6) is 0 Å². The van der Waals surface area contributed by atoms with Crippen LogP contribution in [-0.4, -0.2) is 25.7 Å². The van der Waals surface area contributed by atoms with Gasteiger partial charge in [-0.2, -0.15) is 0 Å². The first-order valence-electron chi connectivity index (χ1n) is 2.60. The van der Waals surface area contributed by atoms with E-state index in [0.717, 1.165) is 4.57 Å². The summed E-state index contributed by atoms with van der Waals surface area (Å²) in [5.74, 6) is -1.29. The zero-order valence-corrected chi connectivity index (χ0v) is 5.01. The molecule has 2 N–H and O–H groups in total. The minimum atomic E-state index is -1.53. The van der Waals surface area contributed by atoms with Crippen LogP contribution in [0.15, 0.2) is 18.7 Å². The molecule has 1 aromatic heterocycles. The highest BCUT2D eigenvalue weighted by atomic mass is 16.4. The van der Waals surface area contributed by atoms with Gasteiger partial charge in [0.05, 0.1) is 6.33 Å². The van der Waals surface area contributed by atoms with Gasteiger partial charge in [0.25, 0.3) is 0 Å². The van der Waals surface area contributed by atoms with E-state index in [2.05, 4.69) is 4.98 Å². The Morgan fingerprint density at radius 1 is 1.70 bits per heavy atom. The van der Waals surface area contributed by atoms with Crippen LogP contribution in [0.2, 0.25) is 0 Å². The predicted octanol–water partition coefficient (Wildman–Crippen LogP) is -0.541. The fourth-order valence-electron chi connectivity index (χ4n) is 0.542. The summed E-state index contributed by atoms with van der Waals surface area (Å²) < 4.78 is 1.09. The summed E-state index contributed by atoms with van der Waals surface area (Å²) in [5, 5.41) is 17.1. The summed E-state index contributed by atoms with van der Waals surface area (Å²) in [6.07, 6.45) is 2.48. The molecule has 1 rings (SSSR count). The fraction of sp³-hybridized carbons (Fsp3) is 0.200. The number of carboxylic acid groups (broad SMARTS) is 1. The van der Waals surface area contributed by atoms with Crippen molar-refractivity contribution in [3.05, 3.63) is 18.7 Å². The Bertz CT molecular complexity index is 219. The first-order valence-corrected chi connectivity index (χ1v) is 2.60. The van der Waals surface area contributed by atoms with Gasteiger partial charge in [0, 0.05) is 12.4 Å². The van der Waals surface area contributed by atoms with Gasteiger partial charge in [-0.1, -0.05) is 0 Å². The second-order valence-electron chi connectivity index (χ2n) is 1.72. The molecular formula is C5H6N2O3. The van der Waals surface area contributed by atoms with E-state index < -0.39 is 12.2 Å². The van der Waals surface area contributed by atoms with Crippen molar-refractivity contribution in [2.75, 3.05) is 0 Å². The van der Waals surface area contributed by atoms with Crippen LogP contribution in [0.25, 0.3) is 0 Å². The summed E-state index contributed by atoms with van der Waals surface area (Å²) in [6, 6.07) is 0. The molecule has 1 atom stereocenters. The molecule has 0 fully saturated rings. The Morgan fingerprint density at radius 3 is 2.80 bits per heavy atom. The molecule has 54 valence electrons. The maximum absolute atomic E-state index is 10.1. The SMILES string of the molecule is O=C(O)[C@H](O)n1ccnc1. The number of hydrogen-bond acceptors (Lipinski definition) is 3. The molecule has 1 aromatic rings. The van der Waals surface area contributed by atoms with E-state index >= 15 is 0 Å². The molecule has 0 saturated heterocycles. The number of aliphatic hydroxyl groups excluding tert-OH is 1. The van der Waals surface area contributed by atoms with Crippen molar-refractivity contribution in [1.82, 2.24) is 9.55 Å². The van der Waals surface area contributed by atoms with Crippen LogP contribution >= 0.6 is 0 Å². The van der Waals surface area contributed by atoms with E-state index in [-0.39, 0.29) is 0 Å². The summed E-state index contributed by atoms with van der Waals surface area (Å²) in [5.41, 5.74) is 0. The molecule has 10 heavy (non-hydrogen) atoms. The number of carbonyl (C=O) groups is 1. The molecule has 0 aliphatic rings. The molecule has 0 saturated carbocycles. The van der Waals surface area contributed by atoms with Crippen molar-refractivity contribution in [3.8, 4) is 0 Å². The van der Waals surface area contributed by atoms with Crippen LogP contribution in [0.4, 0.5) is 0 Å². The molecule has 0 aliphatic carbocycles. The van der Waals surface area contributed by atoms with E-state index in [1.54, 1.807) is 0 Å². The van der Waals surface area contributed by atoms with Crippen molar-refractivity contribution >= 4 is 5.97 Å². The van der Waals surface area contributed by atoms with Gasteiger partial charge < -0.3 is 14.8 Å². The van der Waals surface area contributed by atoms with Crippen LogP contribution in [-0.2, 0) is 4.79 Å². The van der Waals surface area contributed by atoms with E-state index in [0.29, 0.717) is 0 Å². The maximum Gasteiger partial charge on any atom is 0.354 e. The predicted molar refractivity (Wildman–Crippen MR) is 31.1 cm³/mol. The first-order chi connectivity index (χ1) is 4.72. The lowest BCUT2D eigenvalue weighted by Crippen LogP contribution is -2.16. The monoisotopic (exact) mass is 142 g/mol. The van der Waals surface area contributed by atoms with Crippen LogP contribution in [0.1, 0.15) is 6.23 Å². The highest BCUT2D eigenvalue weighted by Gasteiger charge is 2.13. The van der Waals surface area contributed by atoms with Gasteiger partial charge in [-0.3, -0.25) is 0 Å². The van der Waals surface area contributed by atoms with Gasteiger partial charge in [-0.25, -0.2) is 9.78 Å². The molecule has 0 amide bonds. The first kappa shape index (κ1) is 6.76. The van der Waals surface area contributed by atoms with Gasteiger partial charge in [-0.15, -0.1) is 0 Å². The largest absolute Gasteiger partial charge is 0.478 e. The van der Waals surface area contributed by atoms with Crippen molar-refractivity contribution in [1.29, 1.82) is 0 Å². The lowest BCUT2D eigenvalue weighted by molar-refractivity contribution is -0.151. The highest BCUT2D eigenvalue weighted by molar-refractivity contribution is 5.69. The summed E-state index contributed by atoms with van der Waals surface area (Å²) in [6.45, 7) is 0. The standard InChI is InChI=1S/C5H6N2O3/c8-4(5(9)10)7-2-1-6-3-7/h1-4,8H,(H,9,10)/t4-/m0/s1. The molecule has 0 aromatic carbocycles. The van der Waals surface area contributed by atoms with E-state index in [4.69, 9.17) is 10.2 Å². The minimum Gasteiger partial charge on any atom is -0.478 e. The number of imidazole rings is 1. The summed E-state index contributed by atoms with van der Waals surface area (Å²) in [4.78, 5) is 13.7. The third-order valence-electron chi connectivity index (χ3n) is 1.03. The Kier molecular flexibility index (Phi) is 1.68. The number of nitrogens with zero attached hydrogens (tertiary/aromatic N) is 2. The lowest BCUT2D eigenvalue weighted by atomic mass is 10.6. The molecule has 0 bridgehead atoms. The van der Waals surface area contributed by atoms with E-state index in [1.165, 1.54) is 18.7 Å². The van der Waals surface area contributed by atoms with Gasteiger partial charge in [0.15, 0.2) is 0 Å². The molecular weight excluding hydrogens is 136 g/mol. The van der Waals surface area contributed by atoms with Crippen LogP contribution < -0.4 is 0 Å². The van der Waals surface area contributed by atoms with Gasteiger partial charge >= 0.3 is 5.97 Å². The fourth-order valence-corrected chi connectivity index (χ4v) is 0.542. The Labute approximate surface area is 56.6 Å². The molecule has 0 radical (unpaired) electrons. The highest BCUT2D eigenvalue weighted by Crippen LogP contribution is 1.99. The Balaban J connectivity index is 2.77. The van der Waals surface area contributed by atoms with Gasteiger partial charge in [0.2, 0.25) is 6.23 Å². The van der Waals surface area contributed by atoms with Crippen molar-refractivity contribution in [2.45, 2.75) is 6.23 Å². The molecule has 1 heterocycles. The van der Waals surface area contributed by atoms with E-state index in [1.807, 2.05) is 0 Å². The molecule has 0 aliphatic heterocycles. The number of rotatable bonds is 2. The number of aliphatic carboxylic acids is 1. The van der Waals surface area contributed by atoms with Crippen molar-refractivity contribution in [3.63, 3.8) is 0 Å². The quantitative estimate of drug-likeness (QED) is 0.581. The number of carboxylic acids is 1. The molecule has 5 heteroatoms. The zero-order valence-electron chi connectivity index (χ0n) is 5.01. The molecule has 5 nitrogen and oxygen atoms in total. The normalized spacial score (nSPS) is 12.9. The molecule has 0 spiro atoms. The third-order valence-corrected chi connectivity index (χ3v) is 1.03. The average molecular weight is 142 g/mol. The van der Waals surface area contributed by atoms with Crippen LogP contribution in [0, 0.1) is 0 Å².